The standard InChI is InChI=1S/C16H13Cl2FN2/c1-10-5-6-13-12(9-10)20-15(7-8-17)21(13)14-4-2-3-11(18)16(14)19/h2-6,9H,7-8H2,1H3. The lowest BCUT2D eigenvalue weighted by atomic mass is 10.2. The molecule has 0 unspecified atom stereocenters. The minimum absolute atomic E-state index is 0.0956. The van der Waals surface area contributed by atoms with E-state index in [9.17, 15) is 4.39 Å². The van der Waals surface area contributed by atoms with Crippen LogP contribution in [-0.2, 0) is 6.42 Å². The van der Waals surface area contributed by atoms with Crippen LogP contribution in [0.1, 0.15) is 11.4 Å². The van der Waals surface area contributed by atoms with Crippen LogP contribution < -0.4 is 0 Å². The van der Waals surface area contributed by atoms with Gasteiger partial charge in [0.1, 0.15) is 5.82 Å². The van der Waals surface area contributed by atoms with E-state index < -0.39 is 5.82 Å². The Kier molecular flexibility index (Phi) is 3.87. The number of fused-ring (bicyclic) bond motifs is 1. The highest BCUT2D eigenvalue weighted by atomic mass is 35.5. The van der Waals surface area contributed by atoms with Gasteiger partial charge in [-0.15, -0.1) is 11.6 Å². The van der Waals surface area contributed by atoms with Gasteiger partial charge >= 0.3 is 0 Å². The molecule has 1 aromatic heterocycles. The zero-order valence-electron chi connectivity index (χ0n) is 11.4. The van der Waals surface area contributed by atoms with E-state index in [2.05, 4.69) is 4.98 Å². The fourth-order valence-electron chi connectivity index (χ4n) is 2.43. The maximum Gasteiger partial charge on any atom is 0.165 e. The molecule has 0 saturated heterocycles. The van der Waals surface area contributed by atoms with Gasteiger partial charge in [-0.2, -0.15) is 0 Å². The summed E-state index contributed by atoms with van der Waals surface area (Å²) >= 11 is 11.8. The summed E-state index contributed by atoms with van der Waals surface area (Å²) in [5, 5.41) is 0.0956. The Labute approximate surface area is 132 Å². The lowest BCUT2D eigenvalue weighted by molar-refractivity contribution is 0.617. The third-order valence-corrected chi connectivity index (χ3v) is 3.85. The van der Waals surface area contributed by atoms with E-state index >= 15 is 0 Å². The van der Waals surface area contributed by atoms with Crippen LogP contribution in [0.15, 0.2) is 36.4 Å². The van der Waals surface area contributed by atoms with Crippen LogP contribution in [0.4, 0.5) is 4.39 Å². The van der Waals surface area contributed by atoms with Crippen LogP contribution in [0.5, 0.6) is 0 Å². The Morgan fingerprint density at radius 2 is 2.05 bits per heavy atom. The number of rotatable bonds is 3. The molecule has 2 nitrogen and oxygen atoms in total. The number of hydrogen-bond donors (Lipinski definition) is 0. The van der Waals surface area contributed by atoms with E-state index in [-0.39, 0.29) is 5.02 Å². The molecular weight excluding hydrogens is 310 g/mol. The van der Waals surface area contributed by atoms with Gasteiger partial charge in [0.05, 0.1) is 21.7 Å². The molecule has 0 aliphatic carbocycles. The SMILES string of the molecule is Cc1ccc2c(c1)nc(CCCl)n2-c1cccc(Cl)c1F. The predicted molar refractivity (Wildman–Crippen MR) is 85.2 cm³/mol. The van der Waals surface area contributed by atoms with Crippen molar-refractivity contribution in [3.05, 3.63) is 58.6 Å². The molecule has 0 atom stereocenters. The summed E-state index contributed by atoms with van der Waals surface area (Å²) in [6.45, 7) is 2.00. The van der Waals surface area contributed by atoms with Gasteiger partial charge in [-0.25, -0.2) is 9.37 Å². The highest BCUT2D eigenvalue weighted by Crippen LogP contribution is 2.27. The molecule has 3 rings (SSSR count). The first-order valence-electron chi connectivity index (χ1n) is 6.60. The largest absolute Gasteiger partial charge is 0.293 e. The van der Waals surface area contributed by atoms with Gasteiger partial charge in [0.2, 0.25) is 0 Å². The first kappa shape index (κ1) is 14.4. The second-order valence-electron chi connectivity index (χ2n) is 4.87. The first-order valence-corrected chi connectivity index (χ1v) is 7.51. The lowest BCUT2D eigenvalue weighted by Gasteiger charge is -2.10. The quantitative estimate of drug-likeness (QED) is 0.626. The number of imidazole rings is 1. The van der Waals surface area contributed by atoms with E-state index in [0.29, 0.717) is 18.0 Å². The molecule has 0 spiro atoms. The number of aromatic nitrogens is 2. The molecule has 0 fully saturated rings. The van der Waals surface area contributed by atoms with Crippen molar-refractivity contribution in [1.82, 2.24) is 9.55 Å². The van der Waals surface area contributed by atoms with Crippen molar-refractivity contribution in [2.45, 2.75) is 13.3 Å². The van der Waals surface area contributed by atoms with Crippen molar-refractivity contribution in [2.75, 3.05) is 5.88 Å². The second-order valence-corrected chi connectivity index (χ2v) is 5.65. The summed E-state index contributed by atoms with van der Waals surface area (Å²) in [4.78, 5) is 4.58. The summed E-state index contributed by atoms with van der Waals surface area (Å²) in [7, 11) is 0. The Morgan fingerprint density at radius 1 is 1.24 bits per heavy atom. The van der Waals surface area contributed by atoms with Crippen LogP contribution in [0.2, 0.25) is 5.02 Å². The molecule has 5 heteroatoms. The molecule has 0 bridgehead atoms. The number of halogens is 3. The zero-order valence-corrected chi connectivity index (χ0v) is 12.9. The van der Waals surface area contributed by atoms with Crippen molar-refractivity contribution in [3.63, 3.8) is 0 Å². The smallest absolute Gasteiger partial charge is 0.165 e. The molecule has 0 radical (unpaired) electrons. The van der Waals surface area contributed by atoms with Crippen molar-refractivity contribution >= 4 is 34.2 Å². The minimum atomic E-state index is -0.449. The number of aryl methyl sites for hydroxylation is 2. The average Bonchev–Trinajstić information content (AvgIpc) is 2.79. The highest BCUT2D eigenvalue weighted by Gasteiger charge is 2.16. The van der Waals surface area contributed by atoms with Crippen LogP contribution in [0.25, 0.3) is 16.7 Å². The maximum absolute atomic E-state index is 14.4. The molecule has 3 aromatic rings. The molecule has 0 aliphatic rings. The lowest BCUT2D eigenvalue weighted by Crippen LogP contribution is -2.04. The Bertz CT molecular complexity index is 811. The highest BCUT2D eigenvalue weighted by molar-refractivity contribution is 6.30. The topological polar surface area (TPSA) is 17.8 Å². The van der Waals surface area contributed by atoms with E-state index in [1.54, 1.807) is 16.7 Å². The molecule has 2 aromatic carbocycles. The fourth-order valence-corrected chi connectivity index (χ4v) is 2.76. The van der Waals surface area contributed by atoms with E-state index in [4.69, 9.17) is 23.2 Å². The average molecular weight is 323 g/mol. The summed E-state index contributed by atoms with van der Waals surface area (Å²) in [5.41, 5.74) is 3.18. The van der Waals surface area contributed by atoms with Crippen molar-refractivity contribution < 1.29 is 4.39 Å². The van der Waals surface area contributed by atoms with Gasteiger partial charge in [0.25, 0.3) is 0 Å². The van der Waals surface area contributed by atoms with Gasteiger partial charge in [-0.3, -0.25) is 4.57 Å². The van der Waals surface area contributed by atoms with Crippen molar-refractivity contribution in [1.29, 1.82) is 0 Å². The van der Waals surface area contributed by atoms with Gasteiger partial charge < -0.3 is 0 Å². The van der Waals surface area contributed by atoms with Crippen LogP contribution in [-0.4, -0.2) is 15.4 Å². The molecule has 0 amide bonds. The third kappa shape index (κ3) is 2.52. The van der Waals surface area contributed by atoms with Crippen LogP contribution in [0, 0.1) is 12.7 Å². The van der Waals surface area contributed by atoms with E-state index in [1.165, 1.54) is 6.07 Å². The summed E-state index contributed by atoms with van der Waals surface area (Å²) in [5.74, 6) is 0.700. The summed E-state index contributed by atoms with van der Waals surface area (Å²) in [6, 6.07) is 10.9. The normalized spacial score (nSPS) is 11.2. The molecule has 108 valence electrons. The number of hydrogen-bond acceptors (Lipinski definition) is 1. The van der Waals surface area contributed by atoms with Gasteiger partial charge in [-0.1, -0.05) is 23.7 Å². The first-order chi connectivity index (χ1) is 10.1. The Morgan fingerprint density at radius 3 is 2.81 bits per heavy atom. The minimum Gasteiger partial charge on any atom is -0.293 e. The zero-order chi connectivity index (χ0) is 15.0. The van der Waals surface area contributed by atoms with Crippen LogP contribution >= 0.6 is 23.2 Å². The monoisotopic (exact) mass is 322 g/mol. The van der Waals surface area contributed by atoms with Gasteiger partial charge in [0, 0.05) is 12.3 Å². The summed E-state index contributed by atoms with van der Waals surface area (Å²) < 4.78 is 16.2. The second kappa shape index (κ2) is 5.66. The molecule has 21 heavy (non-hydrogen) atoms. The van der Waals surface area contributed by atoms with Crippen LogP contribution in [0.3, 0.4) is 0 Å². The molecule has 0 aliphatic heterocycles. The molecule has 0 N–H and O–H groups in total. The number of alkyl halides is 1. The molecular formula is C16H13Cl2FN2. The maximum atomic E-state index is 14.4. The molecule has 1 heterocycles. The van der Waals surface area contributed by atoms with Crippen molar-refractivity contribution in [2.24, 2.45) is 0 Å². The van der Waals surface area contributed by atoms with E-state index in [1.807, 2.05) is 25.1 Å². The van der Waals surface area contributed by atoms with Gasteiger partial charge in [-0.05, 0) is 36.8 Å². The van der Waals surface area contributed by atoms with Crippen molar-refractivity contribution in [3.8, 4) is 5.69 Å². The van der Waals surface area contributed by atoms with E-state index in [0.717, 1.165) is 22.4 Å². The summed E-state index contributed by atoms with van der Waals surface area (Å²) in [6.07, 6.45) is 0.557. The third-order valence-electron chi connectivity index (χ3n) is 3.37. The number of nitrogens with zero attached hydrogens (tertiary/aromatic N) is 2. The fraction of sp³-hybridized carbons (Fsp3) is 0.188. The predicted octanol–water partition coefficient (Wildman–Crippen LogP) is 4.91. The number of benzene rings is 2. The Balaban J connectivity index is 2.33. The molecule has 0 saturated carbocycles. The Hall–Kier alpha value is -1.58. The van der Waals surface area contributed by atoms with Gasteiger partial charge in [0.15, 0.2) is 5.82 Å².